The molecular weight excluding hydrogens is 321 g/mol. The highest BCUT2D eigenvalue weighted by Gasteiger charge is 2.11. The average molecular weight is 329 g/mol. The summed E-state index contributed by atoms with van der Waals surface area (Å²) in [6.45, 7) is 1.73. The third kappa shape index (κ3) is 2.57. The zero-order valence-electron chi connectivity index (χ0n) is 8.40. The second-order valence-corrected chi connectivity index (χ2v) is 4.38. The first-order valence-electron chi connectivity index (χ1n) is 4.51. The van der Waals surface area contributed by atoms with Crippen molar-refractivity contribution in [3.8, 4) is 0 Å². The van der Waals surface area contributed by atoms with Crippen molar-refractivity contribution in [2.45, 2.75) is 6.92 Å². The number of nitrogens with zero attached hydrogens (tertiary/aromatic N) is 2. The summed E-state index contributed by atoms with van der Waals surface area (Å²) in [5.41, 5.74) is 0.248. The van der Waals surface area contributed by atoms with Crippen molar-refractivity contribution in [2.75, 3.05) is 5.32 Å². The van der Waals surface area contributed by atoms with Gasteiger partial charge in [0.2, 0.25) is 0 Å². The summed E-state index contributed by atoms with van der Waals surface area (Å²) < 4.78 is 5.82. The summed E-state index contributed by atoms with van der Waals surface area (Å²) in [7, 11) is 0. The minimum atomic E-state index is -0.328. The van der Waals surface area contributed by atoms with Crippen LogP contribution in [0.15, 0.2) is 28.9 Å². The van der Waals surface area contributed by atoms with E-state index in [9.17, 15) is 4.79 Å². The molecule has 2 rings (SSSR count). The fraction of sp³-hybridized carbons (Fsp3) is 0.100. The maximum atomic E-state index is 11.6. The van der Waals surface area contributed by atoms with Crippen LogP contribution in [-0.4, -0.2) is 16.0 Å². The number of aromatic nitrogens is 2. The number of pyridine rings is 1. The van der Waals surface area contributed by atoms with Gasteiger partial charge in [-0.15, -0.1) is 0 Å². The van der Waals surface area contributed by atoms with Crippen LogP contribution in [0.3, 0.4) is 0 Å². The van der Waals surface area contributed by atoms with E-state index in [2.05, 4.69) is 38.0 Å². The normalized spacial score (nSPS) is 10.1. The maximum absolute atomic E-state index is 11.6. The number of halogens is 1. The predicted molar refractivity (Wildman–Crippen MR) is 66.1 cm³/mol. The lowest BCUT2D eigenvalue weighted by atomic mass is 10.3. The molecule has 2 aromatic heterocycles. The van der Waals surface area contributed by atoms with E-state index in [1.54, 1.807) is 25.3 Å². The molecule has 0 aliphatic rings. The third-order valence-corrected chi connectivity index (χ3v) is 2.47. The van der Waals surface area contributed by atoms with Gasteiger partial charge in [0.1, 0.15) is 11.6 Å². The maximum Gasteiger partial charge on any atom is 0.279 e. The van der Waals surface area contributed by atoms with Crippen LogP contribution in [0.1, 0.15) is 16.2 Å². The number of rotatable bonds is 2. The van der Waals surface area contributed by atoms with Crippen LogP contribution in [0.2, 0.25) is 0 Å². The van der Waals surface area contributed by atoms with Gasteiger partial charge in [-0.3, -0.25) is 4.79 Å². The molecule has 0 saturated heterocycles. The SMILES string of the molecule is Cc1cc(C(=O)Nc2ccc(I)cn2)no1. The zero-order chi connectivity index (χ0) is 11.5. The fourth-order valence-electron chi connectivity index (χ4n) is 1.10. The van der Waals surface area contributed by atoms with E-state index in [4.69, 9.17) is 4.52 Å². The smallest absolute Gasteiger partial charge is 0.279 e. The summed E-state index contributed by atoms with van der Waals surface area (Å²) in [4.78, 5) is 15.7. The zero-order valence-corrected chi connectivity index (χ0v) is 10.6. The molecule has 16 heavy (non-hydrogen) atoms. The Bertz CT molecular complexity index is 507. The van der Waals surface area contributed by atoms with E-state index >= 15 is 0 Å². The molecule has 6 heteroatoms. The van der Waals surface area contributed by atoms with Gasteiger partial charge in [-0.25, -0.2) is 4.98 Å². The molecule has 0 unspecified atom stereocenters. The molecule has 0 aliphatic heterocycles. The Kier molecular flexibility index (Phi) is 3.18. The Balaban J connectivity index is 2.10. The molecule has 5 nitrogen and oxygen atoms in total. The van der Waals surface area contributed by atoms with Gasteiger partial charge in [-0.05, 0) is 41.6 Å². The molecule has 82 valence electrons. The molecule has 2 aromatic rings. The Labute approximate surface area is 105 Å². The quantitative estimate of drug-likeness (QED) is 0.858. The summed E-state index contributed by atoms with van der Waals surface area (Å²) >= 11 is 2.14. The second kappa shape index (κ2) is 4.60. The summed E-state index contributed by atoms with van der Waals surface area (Å²) in [5.74, 6) is 0.761. The number of hydrogen-bond acceptors (Lipinski definition) is 4. The molecule has 1 N–H and O–H groups in total. The monoisotopic (exact) mass is 329 g/mol. The van der Waals surface area contributed by atoms with Crippen molar-refractivity contribution >= 4 is 34.3 Å². The number of aryl methyl sites for hydroxylation is 1. The van der Waals surface area contributed by atoms with Gasteiger partial charge in [0.15, 0.2) is 5.69 Å². The summed E-state index contributed by atoms with van der Waals surface area (Å²) in [6, 6.07) is 5.16. The number of anilines is 1. The van der Waals surface area contributed by atoms with Crippen LogP contribution in [0.5, 0.6) is 0 Å². The van der Waals surface area contributed by atoms with Gasteiger partial charge in [-0.2, -0.15) is 0 Å². The van der Waals surface area contributed by atoms with E-state index in [0.717, 1.165) is 3.57 Å². The Morgan fingerprint density at radius 2 is 2.31 bits per heavy atom. The fourth-order valence-corrected chi connectivity index (χ4v) is 1.42. The summed E-state index contributed by atoms with van der Waals surface area (Å²) in [5, 5.41) is 6.24. The van der Waals surface area contributed by atoms with E-state index < -0.39 is 0 Å². The van der Waals surface area contributed by atoms with Crippen molar-refractivity contribution in [1.82, 2.24) is 10.1 Å². The largest absolute Gasteiger partial charge is 0.361 e. The van der Waals surface area contributed by atoms with Crippen molar-refractivity contribution in [3.63, 3.8) is 0 Å². The first kappa shape index (κ1) is 11.1. The molecule has 0 atom stereocenters. The van der Waals surface area contributed by atoms with E-state index in [1.165, 1.54) is 0 Å². The molecule has 0 spiro atoms. The Hall–Kier alpha value is -1.44. The number of carbonyl (C=O) groups is 1. The van der Waals surface area contributed by atoms with Crippen LogP contribution >= 0.6 is 22.6 Å². The van der Waals surface area contributed by atoms with E-state index in [-0.39, 0.29) is 11.6 Å². The topological polar surface area (TPSA) is 68.0 Å². The van der Waals surface area contributed by atoms with Crippen LogP contribution < -0.4 is 5.32 Å². The van der Waals surface area contributed by atoms with Gasteiger partial charge in [0.05, 0.1) is 0 Å². The van der Waals surface area contributed by atoms with Crippen LogP contribution in [0.25, 0.3) is 0 Å². The number of hydrogen-bond donors (Lipinski definition) is 1. The molecule has 2 heterocycles. The van der Waals surface area contributed by atoms with Crippen LogP contribution in [0.4, 0.5) is 5.82 Å². The average Bonchev–Trinajstić information content (AvgIpc) is 2.68. The van der Waals surface area contributed by atoms with Crippen molar-refractivity contribution in [3.05, 3.63) is 39.4 Å². The van der Waals surface area contributed by atoms with Crippen molar-refractivity contribution in [2.24, 2.45) is 0 Å². The van der Waals surface area contributed by atoms with Crippen molar-refractivity contribution in [1.29, 1.82) is 0 Å². The van der Waals surface area contributed by atoms with Crippen molar-refractivity contribution < 1.29 is 9.32 Å². The molecule has 0 saturated carbocycles. The van der Waals surface area contributed by atoms with Crippen LogP contribution in [-0.2, 0) is 0 Å². The lowest BCUT2D eigenvalue weighted by Crippen LogP contribution is -2.13. The second-order valence-electron chi connectivity index (χ2n) is 3.14. The molecule has 0 aromatic carbocycles. The third-order valence-electron chi connectivity index (χ3n) is 1.83. The highest BCUT2D eigenvalue weighted by molar-refractivity contribution is 14.1. The number of nitrogens with one attached hydrogen (secondary N) is 1. The first-order valence-corrected chi connectivity index (χ1v) is 5.59. The first-order chi connectivity index (χ1) is 7.65. The molecule has 1 amide bonds. The van der Waals surface area contributed by atoms with Gasteiger partial charge in [0.25, 0.3) is 5.91 Å². The molecule has 0 bridgehead atoms. The molecular formula is C10H8IN3O2. The van der Waals surface area contributed by atoms with E-state index in [0.29, 0.717) is 11.6 Å². The summed E-state index contributed by atoms with van der Waals surface area (Å²) in [6.07, 6.45) is 1.67. The minimum Gasteiger partial charge on any atom is -0.361 e. The lowest BCUT2D eigenvalue weighted by molar-refractivity contribution is 0.101. The highest BCUT2D eigenvalue weighted by Crippen LogP contribution is 2.09. The van der Waals surface area contributed by atoms with E-state index in [1.807, 2.05) is 6.07 Å². The Morgan fingerprint density at radius 1 is 1.50 bits per heavy atom. The molecule has 0 fully saturated rings. The van der Waals surface area contributed by atoms with Gasteiger partial charge >= 0.3 is 0 Å². The number of carbonyl (C=O) groups excluding carboxylic acids is 1. The minimum absolute atomic E-state index is 0.248. The Morgan fingerprint density at radius 3 is 2.88 bits per heavy atom. The lowest BCUT2D eigenvalue weighted by Gasteiger charge is -2.00. The number of amides is 1. The predicted octanol–water partition coefficient (Wildman–Crippen LogP) is 2.23. The standard InChI is InChI=1S/C10H8IN3O2/c1-6-4-8(14-16-6)10(15)13-9-3-2-7(11)5-12-9/h2-5H,1H3,(H,12,13,15). The molecule has 0 aliphatic carbocycles. The highest BCUT2D eigenvalue weighted by atomic mass is 127. The van der Waals surface area contributed by atoms with Gasteiger partial charge < -0.3 is 9.84 Å². The van der Waals surface area contributed by atoms with Gasteiger partial charge in [0, 0.05) is 15.8 Å². The molecule has 0 radical (unpaired) electrons. The van der Waals surface area contributed by atoms with Gasteiger partial charge in [-0.1, -0.05) is 5.16 Å². The van der Waals surface area contributed by atoms with Crippen LogP contribution in [0, 0.1) is 10.5 Å².